The lowest BCUT2D eigenvalue weighted by atomic mass is 9.88. The molecule has 1 spiro atoms. The molecule has 4 rings (SSSR count). The van der Waals surface area contributed by atoms with Crippen LogP contribution in [0.25, 0.3) is 0 Å². The van der Waals surface area contributed by atoms with E-state index in [0.717, 1.165) is 16.8 Å². The van der Waals surface area contributed by atoms with Gasteiger partial charge in [0.05, 0.1) is 0 Å². The number of para-hydroxylation sites is 1. The van der Waals surface area contributed by atoms with Crippen LogP contribution in [-0.4, -0.2) is 19.0 Å². The number of hydrogen-bond donors (Lipinski definition) is 0. The molecule has 1 saturated carbocycles. The maximum Gasteiger partial charge on any atom is 0.240 e. The fourth-order valence-corrected chi connectivity index (χ4v) is 3.89. The first-order valence-corrected chi connectivity index (χ1v) is 7.20. The predicted octanol–water partition coefficient (Wildman–Crippen LogP) is 2.54. The summed E-state index contributed by atoms with van der Waals surface area (Å²) in [5.74, 6) is -0.00319. The smallest absolute Gasteiger partial charge is 0.240 e. The van der Waals surface area contributed by atoms with Crippen LogP contribution in [0.15, 0.2) is 59.6 Å². The van der Waals surface area contributed by atoms with Crippen LogP contribution in [0.5, 0.6) is 0 Å². The lowest BCUT2D eigenvalue weighted by Crippen LogP contribution is -2.33. The summed E-state index contributed by atoms with van der Waals surface area (Å²) in [6.45, 7) is 0. The zero-order chi connectivity index (χ0) is 15.4. The zero-order valence-electron chi connectivity index (χ0n) is 12.1. The Hall–Kier alpha value is -2.71. The number of likely N-dealkylation sites (N-methyl/N-ethyl adjacent to an activating group) is 1. The van der Waals surface area contributed by atoms with E-state index in [-0.39, 0.29) is 5.91 Å². The van der Waals surface area contributed by atoms with Crippen molar-refractivity contribution in [1.82, 2.24) is 0 Å². The van der Waals surface area contributed by atoms with Gasteiger partial charge in [-0.1, -0.05) is 48.5 Å². The number of benzene rings is 2. The Bertz CT molecular complexity index is 826. The summed E-state index contributed by atoms with van der Waals surface area (Å²) in [5, 5.41) is 0. The van der Waals surface area contributed by atoms with Gasteiger partial charge in [0.25, 0.3) is 0 Å². The maximum absolute atomic E-state index is 12.9. The third kappa shape index (κ3) is 1.31. The molecule has 0 bridgehead atoms. The maximum atomic E-state index is 12.9. The molecular weight excluding hydrogens is 276 g/mol. The van der Waals surface area contributed by atoms with E-state index >= 15 is 0 Å². The number of rotatable bonds is 2. The van der Waals surface area contributed by atoms with Crippen LogP contribution < -0.4 is 4.90 Å². The minimum Gasteiger partial charge on any atom is -0.314 e. The van der Waals surface area contributed by atoms with Gasteiger partial charge in [-0.2, -0.15) is 4.99 Å². The number of isocyanates is 1. The molecule has 2 atom stereocenters. The standard InChI is InChI=1S/C18H14N2O2/c1-20-15-10-6-5-9-14(15)17(16(20)22)11-18(17,19-12-21)13-7-3-2-4-8-13/h2-10H,11H2,1H3/t17-,18+/m0/s1. The first-order chi connectivity index (χ1) is 10.7. The van der Waals surface area contributed by atoms with Crippen molar-refractivity contribution in [2.45, 2.75) is 17.4 Å². The molecule has 0 unspecified atom stereocenters. The minimum atomic E-state index is -0.825. The van der Waals surface area contributed by atoms with Crippen molar-refractivity contribution in [1.29, 1.82) is 0 Å². The summed E-state index contributed by atoms with van der Waals surface area (Å²) in [6, 6.07) is 17.3. The van der Waals surface area contributed by atoms with Crippen molar-refractivity contribution < 1.29 is 9.59 Å². The number of anilines is 1. The molecule has 1 fully saturated rings. The van der Waals surface area contributed by atoms with Gasteiger partial charge in [0.2, 0.25) is 12.0 Å². The molecule has 1 amide bonds. The summed E-state index contributed by atoms with van der Waals surface area (Å²) in [7, 11) is 1.77. The van der Waals surface area contributed by atoms with Crippen LogP contribution in [0.1, 0.15) is 17.5 Å². The Morgan fingerprint density at radius 1 is 1.09 bits per heavy atom. The average molecular weight is 290 g/mol. The van der Waals surface area contributed by atoms with Gasteiger partial charge in [-0.15, -0.1) is 0 Å². The van der Waals surface area contributed by atoms with Gasteiger partial charge in [-0.05, 0) is 17.2 Å². The first-order valence-electron chi connectivity index (χ1n) is 7.20. The summed E-state index contributed by atoms with van der Waals surface area (Å²) in [5.41, 5.74) is 1.14. The van der Waals surface area contributed by atoms with Crippen molar-refractivity contribution in [2.75, 3.05) is 11.9 Å². The molecule has 108 valence electrons. The van der Waals surface area contributed by atoms with Crippen molar-refractivity contribution >= 4 is 17.7 Å². The first kappa shape index (κ1) is 13.0. The Morgan fingerprint density at radius 3 is 2.50 bits per heavy atom. The van der Waals surface area contributed by atoms with Gasteiger partial charge in [0.15, 0.2) is 0 Å². The van der Waals surface area contributed by atoms with Crippen LogP contribution in [0, 0.1) is 0 Å². The number of carbonyl (C=O) groups is 1. The molecule has 0 aromatic heterocycles. The van der Waals surface area contributed by atoms with Gasteiger partial charge < -0.3 is 4.90 Å². The fourth-order valence-electron chi connectivity index (χ4n) is 3.89. The fraction of sp³-hybridized carbons (Fsp3) is 0.222. The molecule has 4 nitrogen and oxygen atoms in total. The molecule has 4 heteroatoms. The number of hydrogen-bond acceptors (Lipinski definition) is 3. The van der Waals surface area contributed by atoms with Crippen molar-refractivity contribution in [2.24, 2.45) is 4.99 Å². The van der Waals surface area contributed by atoms with Crippen LogP contribution in [0.2, 0.25) is 0 Å². The molecule has 1 aliphatic heterocycles. The lowest BCUT2D eigenvalue weighted by Gasteiger charge is -2.17. The summed E-state index contributed by atoms with van der Waals surface area (Å²) < 4.78 is 0. The predicted molar refractivity (Wildman–Crippen MR) is 82.4 cm³/mol. The molecule has 0 N–H and O–H groups in total. The second kappa shape index (κ2) is 4.15. The largest absolute Gasteiger partial charge is 0.314 e. The topological polar surface area (TPSA) is 49.7 Å². The second-order valence-electron chi connectivity index (χ2n) is 5.89. The van der Waals surface area contributed by atoms with E-state index < -0.39 is 11.0 Å². The highest BCUT2D eigenvalue weighted by Crippen LogP contribution is 2.70. The molecule has 1 heterocycles. The Labute approximate surface area is 128 Å². The third-order valence-corrected chi connectivity index (χ3v) is 4.98. The van der Waals surface area contributed by atoms with Crippen molar-refractivity contribution in [3.05, 3.63) is 65.7 Å². The van der Waals surface area contributed by atoms with Gasteiger partial charge in [-0.25, -0.2) is 4.79 Å². The van der Waals surface area contributed by atoms with Crippen LogP contribution in [0.3, 0.4) is 0 Å². The quantitative estimate of drug-likeness (QED) is 0.630. The lowest BCUT2D eigenvalue weighted by molar-refractivity contribution is -0.120. The summed E-state index contributed by atoms with van der Waals surface area (Å²) >= 11 is 0. The molecule has 1 aliphatic carbocycles. The van der Waals surface area contributed by atoms with E-state index in [0.29, 0.717) is 6.42 Å². The summed E-state index contributed by atoms with van der Waals surface area (Å²) in [4.78, 5) is 29.8. The van der Waals surface area contributed by atoms with Gasteiger partial charge in [-0.3, -0.25) is 4.79 Å². The zero-order valence-corrected chi connectivity index (χ0v) is 12.1. The molecule has 2 aromatic rings. The molecule has 2 aliphatic rings. The second-order valence-corrected chi connectivity index (χ2v) is 5.89. The van der Waals surface area contributed by atoms with Crippen LogP contribution in [0.4, 0.5) is 5.69 Å². The van der Waals surface area contributed by atoms with Crippen molar-refractivity contribution in [3.63, 3.8) is 0 Å². The number of carbonyl (C=O) groups excluding carboxylic acids is 2. The highest BCUT2D eigenvalue weighted by atomic mass is 16.2. The van der Waals surface area contributed by atoms with E-state index in [1.54, 1.807) is 18.0 Å². The van der Waals surface area contributed by atoms with Gasteiger partial charge >= 0.3 is 0 Å². The van der Waals surface area contributed by atoms with E-state index in [9.17, 15) is 9.59 Å². The normalized spacial score (nSPS) is 28.4. The molecule has 22 heavy (non-hydrogen) atoms. The summed E-state index contributed by atoms with van der Waals surface area (Å²) in [6.07, 6.45) is 2.20. The highest BCUT2D eigenvalue weighted by Gasteiger charge is 2.78. The number of amides is 1. The van der Waals surface area contributed by atoms with Crippen LogP contribution in [-0.2, 0) is 20.5 Å². The van der Waals surface area contributed by atoms with Crippen LogP contribution >= 0.6 is 0 Å². The Balaban J connectivity index is 1.97. The van der Waals surface area contributed by atoms with E-state index in [1.807, 2.05) is 54.6 Å². The monoisotopic (exact) mass is 290 g/mol. The molecular formula is C18H14N2O2. The number of nitrogens with zero attached hydrogens (tertiary/aromatic N) is 2. The SMILES string of the molecule is CN1C(=O)[C@]2(C[C@@]2(N=C=O)c2ccccc2)c2ccccc21. The molecule has 2 aromatic carbocycles. The van der Waals surface area contributed by atoms with Gasteiger partial charge in [0.1, 0.15) is 11.0 Å². The van der Waals surface area contributed by atoms with E-state index in [1.165, 1.54) is 0 Å². The minimum absolute atomic E-state index is 0.00319. The van der Waals surface area contributed by atoms with E-state index in [4.69, 9.17) is 0 Å². The third-order valence-electron chi connectivity index (χ3n) is 4.98. The van der Waals surface area contributed by atoms with E-state index in [2.05, 4.69) is 4.99 Å². The molecule has 0 saturated heterocycles. The Kier molecular flexibility index (Phi) is 2.45. The Morgan fingerprint density at radius 2 is 1.77 bits per heavy atom. The van der Waals surface area contributed by atoms with Gasteiger partial charge in [0, 0.05) is 19.2 Å². The molecule has 0 radical (unpaired) electrons. The number of aliphatic imine (C=N–C) groups is 1. The highest BCUT2D eigenvalue weighted by molar-refractivity contribution is 6.12. The average Bonchev–Trinajstić information content (AvgIpc) is 3.20. The number of fused-ring (bicyclic) bond motifs is 2. The van der Waals surface area contributed by atoms with Crippen molar-refractivity contribution in [3.8, 4) is 0 Å².